The van der Waals surface area contributed by atoms with E-state index in [1.807, 2.05) is 22.7 Å². The zero-order chi connectivity index (χ0) is 20.7. The Morgan fingerprint density at radius 3 is 2.57 bits per heavy atom. The van der Waals surface area contributed by atoms with E-state index >= 15 is 0 Å². The van der Waals surface area contributed by atoms with E-state index in [0.717, 1.165) is 42.1 Å². The van der Waals surface area contributed by atoms with E-state index in [2.05, 4.69) is 29.2 Å². The van der Waals surface area contributed by atoms with Gasteiger partial charge in [0.1, 0.15) is 5.65 Å². The number of anilines is 1. The SMILES string of the molecule is Nc1ccc2nc(-c3ccc([N+](=O)[O-])cc3)c(CN3CCc4ccccc4C3)n2c1. The molecule has 30 heavy (non-hydrogen) atoms. The summed E-state index contributed by atoms with van der Waals surface area (Å²) in [6.45, 7) is 2.56. The molecule has 3 heterocycles. The third-order valence-corrected chi connectivity index (χ3v) is 5.67. The minimum atomic E-state index is -0.389. The Bertz CT molecular complexity index is 1250. The van der Waals surface area contributed by atoms with Crippen LogP contribution in [-0.4, -0.2) is 25.8 Å². The predicted molar refractivity (Wildman–Crippen MR) is 116 cm³/mol. The van der Waals surface area contributed by atoms with Crippen LogP contribution in [0.3, 0.4) is 0 Å². The Morgan fingerprint density at radius 2 is 1.80 bits per heavy atom. The third kappa shape index (κ3) is 3.29. The zero-order valence-electron chi connectivity index (χ0n) is 16.4. The van der Waals surface area contributed by atoms with Crippen molar-refractivity contribution >= 4 is 17.0 Å². The standard InChI is InChI=1S/C23H21N5O2/c24-19-7-10-22-25-23(17-5-8-20(9-6-17)28(29)30)21(27(22)14-19)15-26-12-11-16-3-1-2-4-18(16)13-26/h1-10,14H,11-13,15,24H2. The van der Waals surface area contributed by atoms with Gasteiger partial charge in [-0.05, 0) is 41.8 Å². The maximum absolute atomic E-state index is 11.0. The summed E-state index contributed by atoms with van der Waals surface area (Å²) in [5.41, 5.74) is 13.1. The number of fused-ring (bicyclic) bond motifs is 2. The minimum absolute atomic E-state index is 0.0703. The van der Waals surface area contributed by atoms with Crippen molar-refractivity contribution in [1.29, 1.82) is 0 Å². The smallest absolute Gasteiger partial charge is 0.269 e. The number of pyridine rings is 1. The van der Waals surface area contributed by atoms with Gasteiger partial charge in [-0.15, -0.1) is 0 Å². The van der Waals surface area contributed by atoms with E-state index in [4.69, 9.17) is 10.7 Å². The number of nitro groups is 1. The van der Waals surface area contributed by atoms with Gasteiger partial charge in [-0.25, -0.2) is 4.98 Å². The number of non-ortho nitro benzene ring substituents is 1. The average Bonchev–Trinajstić information content (AvgIpc) is 3.11. The molecule has 1 aliphatic heterocycles. The molecule has 0 fully saturated rings. The normalized spacial score (nSPS) is 14.0. The highest BCUT2D eigenvalue weighted by molar-refractivity contribution is 5.68. The maximum atomic E-state index is 11.0. The first-order chi connectivity index (χ1) is 14.6. The van der Waals surface area contributed by atoms with Crippen LogP contribution in [0, 0.1) is 10.1 Å². The molecular weight excluding hydrogens is 378 g/mol. The Morgan fingerprint density at radius 1 is 1.03 bits per heavy atom. The Kier molecular flexibility index (Phi) is 4.44. The third-order valence-electron chi connectivity index (χ3n) is 5.67. The highest BCUT2D eigenvalue weighted by Gasteiger charge is 2.21. The number of nitrogen functional groups attached to an aromatic ring is 1. The van der Waals surface area contributed by atoms with Gasteiger partial charge in [0.15, 0.2) is 0 Å². The monoisotopic (exact) mass is 399 g/mol. The lowest BCUT2D eigenvalue weighted by atomic mass is 9.99. The summed E-state index contributed by atoms with van der Waals surface area (Å²) in [5, 5.41) is 11.0. The average molecular weight is 399 g/mol. The summed E-state index contributed by atoms with van der Waals surface area (Å²) in [5.74, 6) is 0. The zero-order valence-corrected chi connectivity index (χ0v) is 16.4. The van der Waals surface area contributed by atoms with E-state index in [0.29, 0.717) is 12.2 Å². The lowest BCUT2D eigenvalue weighted by Crippen LogP contribution is -2.30. The number of hydrogen-bond acceptors (Lipinski definition) is 5. The second-order valence-corrected chi connectivity index (χ2v) is 7.63. The van der Waals surface area contributed by atoms with Gasteiger partial charge in [0.25, 0.3) is 5.69 Å². The van der Waals surface area contributed by atoms with Crippen LogP contribution >= 0.6 is 0 Å². The number of imidazole rings is 1. The van der Waals surface area contributed by atoms with E-state index in [1.54, 1.807) is 12.1 Å². The van der Waals surface area contributed by atoms with Crippen molar-refractivity contribution in [3.8, 4) is 11.3 Å². The summed E-state index contributed by atoms with van der Waals surface area (Å²) in [6, 6.07) is 18.9. The van der Waals surface area contributed by atoms with Crippen LogP contribution in [0.4, 0.5) is 11.4 Å². The van der Waals surface area contributed by atoms with Crippen LogP contribution in [-0.2, 0) is 19.5 Å². The van der Waals surface area contributed by atoms with Gasteiger partial charge < -0.3 is 10.1 Å². The molecule has 0 aliphatic carbocycles. The van der Waals surface area contributed by atoms with Gasteiger partial charge in [-0.2, -0.15) is 0 Å². The largest absolute Gasteiger partial charge is 0.398 e. The van der Waals surface area contributed by atoms with Gasteiger partial charge in [0.05, 0.1) is 16.3 Å². The van der Waals surface area contributed by atoms with Crippen LogP contribution in [0.5, 0.6) is 0 Å². The molecule has 0 saturated heterocycles. The number of rotatable bonds is 4. The Balaban J connectivity index is 1.55. The Hall–Kier alpha value is -3.71. The predicted octanol–water partition coefficient (Wildman–Crippen LogP) is 4.05. The first-order valence-corrected chi connectivity index (χ1v) is 9.89. The molecular formula is C23H21N5O2. The number of benzene rings is 2. The van der Waals surface area contributed by atoms with Crippen molar-refractivity contribution in [3.05, 3.63) is 93.8 Å². The fourth-order valence-corrected chi connectivity index (χ4v) is 4.13. The summed E-state index contributed by atoms with van der Waals surface area (Å²) in [4.78, 5) is 17.9. The van der Waals surface area contributed by atoms with E-state index in [-0.39, 0.29) is 10.6 Å². The van der Waals surface area contributed by atoms with E-state index in [1.165, 1.54) is 23.3 Å². The second kappa shape index (κ2) is 7.27. The Labute approximate surface area is 173 Å². The number of aromatic nitrogens is 2. The minimum Gasteiger partial charge on any atom is -0.398 e. The molecule has 0 spiro atoms. The highest BCUT2D eigenvalue weighted by Crippen LogP contribution is 2.29. The van der Waals surface area contributed by atoms with Crippen molar-refractivity contribution in [1.82, 2.24) is 14.3 Å². The van der Waals surface area contributed by atoms with Gasteiger partial charge in [0.2, 0.25) is 0 Å². The topological polar surface area (TPSA) is 89.7 Å². The fourth-order valence-electron chi connectivity index (χ4n) is 4.13. The second-order valence-electron chi connectivity index (χ2n) is 7.63. The molecule has 0 amide bonds. The summed E-state index contributed by atoms with van der Waals surface area (Å²) in [6.07, 6.45) is 2.91. The van der Waals surface area contributed by atoms with Crippen LogP contribution in [0.15, 0.2) is 66.9 Å². The maximum Gasteiger partial charge on any atom is 0.269 e. The van der Waals surface area contributed by atoms with Crippen molar-refractivity contribution < 1.29 is 4.92 Å². The van der Waals surface area contributed by atoms with Gasteiger partial charge >= 0.3 is 0 Å². The molecule has 0 bridgehead atoms. The van der Waals surface area contributed by atoms with Crippen molar-refractivity contribution in [2.75, 3.05) is 12.3 Å². The van der Waals surface area contributed by atoms with E-state index in [9.17, 15) is 10.1 Å². The molecule has 4 aromatic rings. The van der Waals surface area contributed by atoms with Crippen molar-refractivity contribution in [2.45, 2.75) is 19.5 Å². The molecule has 7 nitrogen and oxygen atoms in total. The number of nitrogens with two attached hydrogens (primary N) is 1. The molecule has 0 atom stereocenters. The van der Waals surface area contributed by atoms with Crippen LogP contribution in [0.25, 0.3) is 16.9 Å². The molecule has 1 aliphatic rings. The quantitative estimate of drug-likeness (QED) is 0.413. The van der Waals surface area contributed by atoms with Gasteiger partial charge in [-0.3, -0.25) is 15.0 Å². The lowest BCUT2D eigenvalue weighted by molar-refractivity contribution is -0.384. The molecule has 5 rings (SSSR count). The van der Waals surface area contributed by atoms with Crippen LogP contribution in [0.1, 0.15) is 16.8 Å². The number of hydrogen-bond donors (Lipinski definition) is 1. The number of nitrogens with zero attached hydrogens (tertiary/aromatic N) is 4. The fraction of sp³-hybridized carbons (Fsp3) is 0.174. The molecule has 2 aromatic carbocycles. The van der Waals surface area contributed by atoms with Crippen LogP contribution < -0.4 is 5.73 Å². The molecule has 0 saturated carbocycles. The molecule has 2 N–H and O–H groups in total. The van der Waals surface area contributed by atoms with Gasteiger partial charge in [0, 0.05) is 49.2 Å². The van der Waals surface area contributed by atoms with E-state index < -0.39 is 0 Å². The molecule has 0 unspecified atom stereocenters. The molecule has 150 valence electrons. The first-order valence-electron chi connectivity index (χ1n) is 9.89. The summed E-state index contributed by atoms with van der Waals surface area (Å²) in [7, 11) is 0. The van der Waals surface area contributed by atoms with Crippen molar-refractivity contribution in [3.63, 3.8) is 0 Å². The summed E-state index contributed by atoms with van der Waals surface area (Å²) < 4.78 is 2.03. The highest BCUT2D eigenvalue weighted by atomic mass is 16.6. The molecule has 7 heteroatoms. The molecule has 0 radical (unpaired) electrons. The lowest BCUT2D eigenvalue weighted by Gasteiger charge is -2.28. The molecule has 2 aromatic heterocycles. The number of nitro benzene ring substituents is 1. The van der Waals surface area contributed by atoms with Crippen LogP contribution in [0.2, 0.25) is 0 Å². The van der Waals surface area contributed by atoms with Gasteiger partial charge in [-0.1, -0.05) is 24.3 Å². The van der Waals surface area contributed by atoms with Crippen molar-refractivity contribution in [2.24, 2.45) is 0 Å². The first kappa shape index (κ1) is 18.3. The summed E-state index contributed by atoms with van der Waals surface area (Å²) >= 11 is 0.